The summed E-state index contributed by atoms with van der Waals surface area (Å²) >= 11 is 0. The predicted octanol–water partition coefficient (Wildman–Crippen LogP) is 2.30. The van der Waals surface area contributed by atoms with E-state index in [1.807, 2.05) is 6.92 Å². The Morgan fingerprint density at radius 1 is 1.43 bits per heavy atom. The molecule has 21 heavy (non-hydrogen) atoms. The molecule has 0 aliphatic heterocycles. The Balaban J connectivity index is 2.85. The van der Waals surface area contributed by atoms with Gasteiger partial charge in [0.25, 0.3) is 15.0 Å². The number of hydrogen-bond acceptors (Lipinski definition) is 4. The van der Waals surface area contributed by atoms with Crippen LogP contribution in [0.15, 0.2) is 23.1 Å². The van der Waals surface area contributed by atoms with Gasteiger partial charge in [-0.05, 0) is 39.0 Å². The molecule has 1 N–H and O–H groups in total. The van der Waals surface area contributed by atoms with Gasteiger partial charge in [0.1, 0.15) is 5.82 Å². The molecule has 1 rings (SSSR count). The van der Waals surface area contributed by atoms with Crippen molar-refractivity contribution in [2.24, 2.45) is 0 Å². The Kier molecular flexibility index (Phi) is 5.72. The van der Waals surface area contributed by atoms with Gasteiger partial charge in [0, 0.05) is 23.8 Å². The largest absolute Gasteiger partial charge is 0.374 e. The van der Waals surface area contributed by atoms with Gasteiger partial charge in [0.15, 0.2) is 0 Å². The van der Waals surface area contributed by atoms with Crippen LogP contribution < -0.4 is 5.32 Å². The highest BCUT2D eigenvalue weighted by atomic mass is 35.7. The number of carbonyl (C=O) groups excluding carboxylic acids is 1. The molecular formula is C13H17ClFNO4S. The molecule has 0 atom stereocenters. The fourth-order valence-electron chi connectivity index (χ4n) is 1.66. The van der Waals surface area contributed by atoms with E-state index in [1.165, 1.54) is 0 Å². The summed E-state index contributed by atoms with van der Waals surface area (Å²) < 4.78 is 41.3. The second kappa shape index (κ2) is 6.72. The molecular weight excluding hydrogens is 321 g/mol. The average Bonchev–Trinajstić information content (AvgIpc) is 2.35. The smallest absolute Gasteiger partial charge is 0.261 e. The Morgan fingerprint density at radius 3 is 2.52 bits per heavy atom. The van der Waals surface area contributed by atoms with Crippen LogP contribution in [-0.2, 0) is 13.8 Å². The summed E-state index contributed by atoms with van der Waals surface area (Å²) in [5, 5.41) is 2.54. The highest BCUT2D eigenvalue weighted by molar-refractivity contribution is 8.13. The predicted molar refractivity (Wildman–Crippen MR) is 77.5 cm³/mol. The van der Waals surface area contributed by atoms with Gasteiger partial charge in [-0.25, -0.2) is 12.8 Å². The zero-order valence-corrected chi connectivity index (χ0v) is 13.5. The molecule has 0 aromatic heterocycles. The van der Waals surface area contributed by atoms with E-state index >= 15 is 0 Å². The number of carbonyl (C=O) groups is 1. The minimum atomic E-state index is -4.03. The maximum atomic E-state index is 13.8. The fourth-order valence-corrected chi connectivity index (χ4v) is 2.42. The van der Waals surface area contributed by atoms with Crippen LogP contribution in [0.5, 0.6) is 0 Å². The van der Waals surface area contributed by atoms with Crippen molar-refractivity contribution in [2.75, 3.05) is 13.2 Å². The van der Waals surface area contributed by atoms with E-state index in [-0.39, 0.29) is 12.1 Å². The summed E-state index contributed by atoms with van der Waals surface area (Å²) in [5.74, 6) is -1.61. The Labute approximate surface area is 127 Å². The van der Waals surface area contributed by atoms with Crippen LogP contribution in [-0.4, -0.2) is 33.1 Å². The van der Waals surface area contributed by atoms with Crippen LogP contribution in [0, 0.1) is 5.82 Å². The molecule has 0 unspecified atom stereocenters. The highest BCUT2D eigenvalue weighted by Gasteiger charge is 2.21. The van der Waals surface area contributed by atoms with Crippen LogP contribution in [0.3, 0.4) is 0 Å². The molecule has 0 fully saturated rings. The van der Waals surface area contributed by atoms with Crippen LogP contribution in [0.1, 0.15) is 31.1 Å². The number of halogens is 2. The molecule has 1 amide bonds. The zero-order valence-electron chi connectivity index (χ0n) is 11.9. The van der Waals surface area contributed by atoms with E-state index in [0.717, 1.165) is 12.1 Å². The number of nitrogens with one attached hydrogen (secondary N) is 1. The molecule has 0 radical (unpaired) electrons. The van der Waals surface area contributed by atoms with Crippen molar-refractivity contribution in [3.05, 3.63) is 29.6 Å². The normalized spacial score (nSPS) is 12.2. The van der Waals surface area contributed by atoms with Crippen LogP contribution in [0.25, 0.3) is 0 Å². The first-order chi connectivity index (χ1) is 9.57. The van der Waals surface area contributed by atoms with Crippen molar-refractivity contribution in [2.45, 2.75) is 31.3 Å². The maximum absolute atomic E-state index is 13.8. The summed E-state index contributed by atoms with van der Waals surface area (Å²) in [5.41, 5.74) is -0.841. The van der Waals surface area contributed by atoms with Gasteiger partial charge in [0.2, 0.25) is 0 Å². The van der Waals surface area contributed by atoms with Crippen molar-refractivity contribution >= 4 is 25.6 Å². The van der Waals surface area contributed by atoms with Gasteiger partial charge in [-0.15, -0.1) is 0 Å². The van der Waals surface area contributed by atoms with Gasteiger partial charge in [-0.1, -0.05) is 0 Å². The average molecular weight is 338 g/mol. The summed E-state index contributed by atoms with van der Waals surface area (Å²) in [4.78, 5) is 11.5. The third kappa shape index (κ3) is 5.26. The van der Waals surface area contributed by atoms with E-state index in [9.17, 15) is 17.6 Å². The lowest BCUT2D eigenvalue weighted by Crippen LogP contribution is -2.40. The molecule has 1 aromatic carbocycles. The molecule has 0 aliphatic rings. The van der Waals surface area contributed by atoms with Crippen molar-refractivity contribution in [3.63, 3.8) is 0 Å². The van der Waals surface area contributed by atoms with Crippen LogP contribution in [0.4, 0.5) is 4.39 Å². The lowest BCUT2D eigenvalue weighted by molar-refractivity contribution is -0.00818. The Morgan fingerprint density at radius 2 is 2.05 bits per heavy atom. The van der Waals surface area contributed by atoms with E-state index in [2.05, 4.69) is 5.32 Å². The first kappa shape index (κ1) is 17.9. The molecule has 0 aliphatic carbocycles. The van der Waals surface area contributed by atoms with Crippen molar-refractivity contribution in [1.82, 2.24) is 5.32 Å². The van der Waals surface area contributed by atoms with Gasteiger partial charge in [-0.3, -0.25) is 4.79 Å². The molecule has 0 saturated heterocycles. The monoisotopic (exact) mass is 337 g/mol. The van der Waals surface area contributed by atoms with Crippen molar-refractivity contribution < 1.29 is 22.3 Å². The van der Waals surface area contributed by atoms with E-state index < -0.39 is 31.3 Å². The molecule has 8 heteroatoms. The number of amides is 1. The van der Waals surface area contributed by atoms with E-state index in [1.54, 1.807) is 13.8 Å². The van der Waals surface area contributed by atoms with Crippen LogP contribution in [0.2, 0.25) is 0 Å². The zero-order chi connectivity index (χ0) is 16.3. The van der Waals surface area contributed by atoms with Crippen molar-refractivity contribution in [3.8, 4) is 0 Å². The molecule has 1 aromatic rings. The van der Waals surface area contributed by atoms with Gasteiger partial charge < -0.3 is 10.1 Å². The highest BCUT2D eigenvalue weighted by Crippen LogP contribution is 2.18. The van der Waals surface area contributed by atoms with Crippen LogP contribution >= 0.6 is 10.7 Å². The first-order valence-corrected chi connectivity index (χ1v) is 8.54. The summed E-state index contributed by atoms with van der Waals surface area (Å²) in [6, 6.07) is 2.87. The quantitative estimate of drug-likeness (QED) is 0.808. The summed E-state index contributed by atoms with van der Waals surface area (Å²) in [7, 11) is 1.08. The van der Waals surface area contributed by atoms with Crippen molar-refractivity contribution in [1.29, 1.82) is 0 Å². The topological polar surface area (TPSA) is 72.5 Å². The number of benzene rings is 1. The van der Waals surface area contributed by atoms with Gasteiger partial charge in [-0.2, -0.15) is 0 Å². The summed E-state index contributed by atoms with van der Waals surface area (Å²) in [6.45, 7) is 6.08. The van der Waals surface area contributed by atoms with Gasteiger partial charge in [0.05, 0.1) is 16.1 Å². The number of hydrogen-bond donors (Lipinski definition) is 1. The molecule has 0 spiro atoms. The Bertz CT molecular complexity index is 631. The molecule has 0 saturated carbocycles. The maximum Gasteiger partial charge on any atom is 0.261 e. The second-order valence-electron chi connectivity index (χ2n) is 4.95. The number of rotatable bonds is 6. The second-order valence-corrected chi connectivity index (χ2v) is 7.52. The minimum absolute atomic E-state index is 0.189. The lowest BCUT2D eigenvalue weighted by atomic mass is 10.1. The summed E-state index contributed by atoms with van der Waals surface area (Å²) in [6.07, 6.45) is 0. The third-order valence-corrected chi connectivity index (χ3v) is 4.03. The fraction of sp³-hybridized carbons (Fsp3) is 0.462. The first-order valence-electron chi connectivity index (χ1n) is 6.23. The Hall–Kier alpha value is -1.18. The van der Waals surface area contributed by atoms with Gasteiger partial charge >= 0.3 is 0 Å². The third-order valence-electron chi connectivity index (χ3n) is 2.68. The molecule has 118 valence electrons. The lowest BCUT2D eigenvalue weighted by Gasteiger charge is -2.24. The SMILES string of the molecule is CCOC(C)(C)CNC(=O)c1ccc(S(=O)(=O)Cl)cc1F. The van der Waals surface area contributed by atoms with E-state index in [0.29, 0.717) is 12.7 Å². The number of ether oxygens (including phenoxy) is 1. The standard InChI is InChI=1S/C13H17ClFNO4S/c1-4-20-13(2,3)8-16-12(17)10-6-5-9(7-11(10)15)21(14,18)19/h5-7H,4,8H2,1-3H3,(H,16,17). The molecule has 0 heterocycles. The molecule has 0 bridgehead atoms. The minimum Gasteiger partial charge on any atom is -0.374 e. The van der Waals surface area contributed by atoms with E-state index in [4.69, 9.17) is 15.4 Å². The molecule has 5 nitrogen and oxygen atoms in total.